The van der Waals surface area contributed by atoms with E-state index in [4.69, 9.17) is 0 Å². The number of halogens is 3. The standard InChI is InChI=1S/C14H17BrF2N2/c15-10-7-12(16)14(13(17)8-10)19-6-2-5-18-4-1-3-11(18)9-19/h7-8,11H,1-6,9H2. The van der Waals surface area contributed by atoms with Crippen LogP contribution in [0, 0.1) is 11.6 Å². The fraction of sp³-hybridized carbons (Fsp3) is 0.571. The number of nitrogens with zero attached hydrogens (tertiary/aromatic N) is 2. The van der Waals surface area contributed by atoms with Crippen LogP contribution < -0.4 is 4.90 Å². The van der Waals surface area contributed by atoms with Crippen molar-refractivity contribution < 1.29 is 8.78 Å². The fourth-order valence-corrected chi connectivity index (χ4v) is 3.65. The van der Waals surface area contributed by atoms with E-state index in [1.54, 1.807) is 0 Å². The summed E-state index contributed by atoms with van der Waals surface area (Å²) in [4.78, 5) is 4.34. The fourth-order valence-electron chi connectivity index (χ4n) is 3.25. The van der Waals surface area contributed by atoms with Crippen LogP contribution in [0.2, 0.25) is 0 Å². The number of hydrogen-bond acceptors (Lipinski definition) is 2. The van der Waals surface area contributed by atoms with E-state index in [1.165, 1.54) is 18.6 Å². The minimum absolute atomic E-state index is 0.136. The zero-order chi connectivity index (χ0) is 13.4. The number of hydrogen-bond donors (Lipinski definition) is 0. The van der Waals surface area contributed by atoms with Gasteiger partial charge in [0.2, 0.25) is 0 Å². The maximum Gasteiger partial charge on any atom is 0.150 e. The van der Waals surface area contributed by atoms with Crippen LogP contribution >= 0.6 is 15.9 Å². The Hall–Kier alpha value is -0.680. The molecule has 2 aliphatic heterocycles. The van der Waals surface area contributed by atoms with Crippen LogP contribution in [0.25, 0.3) is 0 Å². The second-order valence-electron chi connectivity index (χ2n) is 5.35. The van der Waals surface area contributed by atoms with E-state index in [1.807, 2.05) is 4.90 Å². The molecule has 0 aliphatic carbocycles. The molecule has 0 bridgehead atoms. The lowest BCUT2D eigenvalue weighted by Gasteiger charge is -2.28. The lowest BCUT2D eigenvalue weighted by Crippen LogP contribution is -2.37. The molecule has 1 unspecified atom stereocenters. The first-order valence-corrected chi connectivity index (χ1v) is 7.58. The Bertz CT molecular complexity index is 458. The van der Waals surface area contributed by atoms with Gasteiger partial charge in [-0.25, -0.2) is 8.78 Å². The molecule has 2 saturated heterocycles. The van der Waals surface area contributed by atoms with Crippen LogP contribution in [0.3, 0.4) is 0 Å². The van der Waals surface area contributed by atoms with E-state index in [0.717, 1.165) is 39.0 Å². The molecule has 1 aromatic rings. The minimum Gasteiger partial charge on any atom is -0.365 e. The third-order valence-electron chi connectivity index (χ3n) is 4.10. The number of anilines is 1. The highest BCUT2D eigenvalue weighted by Crippen LogP contribution is 2.30. The second-order valence-corrected chi connectivity index (χ2v) is 6.27. The van der Waals surface area contributed by atoms with Crippen molar-refractivity contribution in [3.05, 3.63) is 28.2 Å². The monoisotopic (exact) mass is 330 g/mol. The van der Waals surface area contributed by atoms with Crippen molar-refractivity contribution in [3.8, 4) is 0 Å². The molecular weight excluding hydrogens is 314 g/mol. The Morgan fingerprint density at radius 2 is 1.74 bits per heavy atom. The van der Waals surface area contributed by atoms with E-state index in [9.17, 15) is 8.78 Å². The first-order valence-electron chi connectivity index (χ1n) is 6.78. The molecule has 0 N–H and O–H groups in total. The number of rotatable bonds is 1. The normalized spacial score (nSPS) is 24.4. The maximum absolute atomic E-state index is 14.0. The molecule has 3 rings (SSSR count). The molecule has 0 spiro atoms. The molecule has 0 amide bonds. The van der Waals surface area contributed by atoms with E-state index < -0.39 is 11.6 Å². The van der Waals surface area contributed by atoms with Crippen molar-refractivity contribution in [2.45, 2.75) is 25.3 Å². The molecule has 2 nitrogen and oxygen atoms in total. The smallest absolute Gasteiger partial charge is 0.150 e. The van der Waals surface area contributed by atoms with Gasteiger partial charge in [-0.05, 0) is 37.9 Å². The van der Waals surface area contributed by atoms with Crippen LogP contribution in [0.4, 0.5) is 14.5 Å². The average Bonchev–Trinajstić information content (AvgIpc) is 2.67. The Morgan fingerprint density at radius 1 is 1.05 bits per heavy atom. The van der Waals surface area contributed by atoms with E-state index >= 15 is 0 Å². The Morgan fingerprint density at radius 3 is 2.47 bits per heavy atom. The minimum atomic E-state index is -0.474. The first kappa shape index (κ1) is 13.3. The van der Waals surface area contributed by atoms with Crippen molar-refractivity contribution in [3.63, 3.8) is 0 Å². The van der Waals surface area contributed by atoms with Crippen LogP contribution in [-0.2, 0) is 0 Å². The van der Waals surface area contributed by atoms with Crippen molar-refractivity contribution in [2.24, 2.45) is 0 Å². The van der Waals surface area contributed by atoms with Crippen LogP contribution in [0.1, 0.15) is 19.3 Å². The molecule has 5 heteroatoms. The molecule has 2 aliphatic rings. The van der Waals surface area contributed by atoms with Gasteiger partial charge in [-0.2, -0.15) is 0 Å². The summed E-state index contributed by atoms with van der Waals surface area (Å²) in [6.45, 7) is 3.63. The Kier molecular flexibility index (Phi) is 3.76. The lowest BCUT2D eigenvalue weighted by atomic mass is 10.2. The van der Waals surface area contributed by atoms with Crippen molar-refractivity contribution in [1.29, 1.82) is 0 Å². The van der Waals surface area contributed by atoms with Crippen LogP contribution in [0.5, 0.6) is 0 Å². The number of fused-ring (bicyclic) bond motifs is 1. The van der Waals surface area contributed by atoms with Gasteiger partial charge in [-0.15, -0.1) is 0 Å². The van der Waals surface area contributed by atoms with E-state index in [-0.39, 0.29) is 5.69 Å². The van der Waals surface area contributed by atoms with Crippen molar-refractivity contribution in [2.75, 3.05) is 31.1 Å². The number of benzene rings is 1. The van der Waals surface area contributed by atoms with Gasteiger partial charge in [-0.1, -0.05) is 15.9 Å². The largest absolute Gasteiger partial charge is 0.365 e. The van der Waals surface area contributed by atoms with Crippen LogP contribution in [-0.4, -0.2) is 37.1 Å². The SMILES string of the molecule is Fc1cc(Br)cc(F)c1N1CCCN2CCCC2C1. The molecule has 104 valence electrons. The highest BCUT2D eigenvalue weighted by molar-refractivity contribution is 9.10. The molecule has 19 heavy (non-hydrogen) atoms. The molecule has 0 aromatic heterocycles. The summed E-state index contributed by atoms with van der Waals surface area (Å²) in [6, 6.07) is 3.13. The summed E-state index contributed by atoms with van der Waals surface area (Å²) in [5.74, 6) is -0.948. The van der Waals surface area contributed by atoms with Gasteiger partial charge < -0.3 is 4.90 Å². The lowest BCUT2D eigenvalue weighted by molar-refractivity contribution is 0.273. The van der Waals surface area contributed by atoms with Crippen molar-refractivity contribution >= 4 is 21.6 Å². The molecule has 1 atom stereocenters. The average molecular weight is 331 g/mol. The summed E-state index contributed by atoms with van der Waals surface area (Å²) >= 11 is 3.12. The molecule has 2 fully saturated rings. The quantitative estimate of drug-likeness (QED) is 0.778. The van der Waals surface area contributed by atoms with Gasteiger partial charge in [0.25, 0.3) is 0 Å². The van der Waals surface area contributed by atoms with Gasteiger partial charge in [0.15, 0.2) is 11.6 Å². The predicted molar refractivity (Wildman–Crippen MR) is 75.5 cm³/mol. The second kappa shape index (κ2) is 5.37. The first-order chi connectivity index (χ1) is 9.15. The maximum atomic E-state index is 14.0. The summed E-state index contributed by atoms with van der Waals surface area (Å²) in [7, 11) is 0. The van der Waals surface area contributed by atoms with E-state index in [0.29, 0.717) is 10.5 Å². The summed E-state index contributed by atoms with van der Waals surface area (Å²) in [5.41, 5.74) is 0.136. The molecule has 2 heterocycles. The molecule has 0 saturated carbocycles. The van der Waals surface area contributed by atoms with E-state index in [2.05, 4.69) is 20.8 Å². The highest BCUT2D eigenvalue weighted by atomic mass is 79.9. The van der Waals surface area contributed by atoms with Gasteiger partial charge in [0.1, 0.15) is 5.69 Å². The summed E-state index contributed by atoms with van der Waals surface area (Å²) in [5, 5.41) is 0. The molecule has 0 radical (unpaired) electrons. The molecule has 1 aromatic carbocycles. The summed E-state index contributed by atoms with van der Waals surface area (Å²) in [6.07, 6.45) is 3.30. The predicted octanol–water partition coefficient (Wildman–Crippen LogP) is 3.40. The zero-order valence-corrected chi connectivity index (χ0v) is 12.3. The highest BCUT2D eigenvalue weighted by Gasteiger charge is 2.30. The Labute approximate surface area is 120 Å². The van der Waals surface area contributed by atoms with Gasteiger partial charge in [0.05, 0.1) is 0 Å². The zero-order valence-electron chi connectivity index (χ0n) is 10.7. The van der Waals surface area contributed by atoms with Gasteiger partial charge >= 0.3 is 0 Å². The topological polar surface area (TPSA) is 6.48 Å². The summed E-state index contributed by atoms with van der Waals surface area (Å²) < 4.78 is 28.5. The van der Waals surface area contributed by atoms with Crippen LogP contribution in [0.15, 0.2) is 16.6 Å². The van der Waals surface area contributed by atoms with Crippen molar-refractivity contribution in [1.82, 2.24) is 4.90 Å². The Balaban J connectivity index is 1.89. The molecular formula is C14H17BrF2N2. The third kappa shape index (κ3) is 2.63. The third-order valence-corrected chi connectivity index (χ3v) is 4.56. The van der Waals surface area contributed by atoms with Gasteiger partial charge in [0, 0.05) is 30.1 Å². The van der Waals surface area contributed by atoms with Gasteiger partial charge in [-0.3, -0.25) is 4.90 Å².